The van der Waals surface area contributed by atoms with Gasteiger partial charge in [-0.25, -0.2) is 4.98 Å². The van der Waals surface area contributed by atoms with E-state index >= 15 is 0 Å². The van der Waals surface area contributed by atoms with Gasteiger partial charge in [0.15, 0.2) is 0 Å². The van der Waals surface area contributed by atoms with Crippen LogP contribution in [0.25, 0.3) is 11.4 Å². The predicted molar refractivity (Wildman–Crippen MR) is 98.5 cm³/mol. The highest BCUT2D eigenvalue weighted by Crippen LogP contribution is 2.33. The molecule has 0 saturated carbocycles. The molecule has 1 aliphatic rings. The van der Waals surface area contributed by atoms with Crippen molar-refractivity contribution in [3.8, 4) is 11.4 Å². The quantitative estimate of drug-likeness (QED) is 0.700. The molecule has 0 bridgehead atoms. The van der Waals surface area contributed by atoms with E-state index in [9.17, 15) is 0 Å². The summed E-state index contributed by atoms with van der Waals surface area (Å²) >= 11 is 0. The zero-order valence-corrected chi connectivity index (χ0v) is 15.0. The average molecular weight is 350 g/mol. The number of hydrogen-bond donors (Lipinski definition) is 0. The molecule has 3 aromatic rings. The Labute approximate surface area is 152 Å². The van der Waals surface area contributed by atoms with Crippen LogP contribution >= 0.6 is 0 Å². The van der Waals surface area contributed by atoms with Gasteiger partial charge in [0.1, 0.15) is 5.82 Å². The van der Waals surface area contributed by atoms with E-state index in [-0.39, 0.29) is 6.04 Å². The van der Waals surface area contributed by atoms with Crippen molar-refractivity contribution in [3.63, 3.8) is 0 Å². The SMILES string of the molecule is CN(C)c1ccc(-c2noc([C@@H]3CCCN3Cc3ccncc3)n2)cn1. The van der Waals surface area contributed by atoms with Crippen molar-refractivity contribution in [1.29, 1.82) is 0 Å². The highest BCUT2D eigenvalue weighted by molar-refractivity contribution is 5.55. The van der Waals surface area contributed by atoms with Crippen molar-refractivity contribution in [3.05, 3.63) is 54.3 Å². The van der Waals surface area contributed by atoms with E-state index in [1.54, 1.807) is 6.20 Å². The molecule has 1 aliphatic heterocycles. The first-order valence-corrected chi connectivity index (χ1v) is 8.81. The Balaban J connectivity index is 1.51. The predicted octanol–water partition coefficient (Wildman–Crippen LogP) is 2.93. The van der Waals surface area contributed by atoms with Crippen LogP contribution in [0, 0.1) is 0 Å². The number of hydrogen-bond acceptors (Lipinski definition) is 7. The number of anilines is 1. The number of likely N-dealkylation sites (tertiary alicyclic amines) is 1. The molecule has 0 N–H and O–H groups in total. The normalized spacial score (nSPS) is 17.5. The first-order chi connectivity index (χ1) is 12.7. The van der Waals surface area contributed by atoms with Gasteiger partial charge in [-0.3, -0.25) is 9.88 Å². The van der Waals surface area contributed by atoms with Crippen LogP contribution in [0.3, 0.4) is 0 Å². The van der Waals surface area contributed by atoms with Crippen LogP contribution in [-0.2, 0) is 6.54 Å². The largest absolute Gasteiger partial charge is 0.363 e. The van der Waals surface area contributed by atoms with E-state index in [0.29, 0.717) is 11.7 Å². The van der Waals surface area contributed by atoms with Crippen molar-refractivity contribution in [2.24, 2.45) is 0 Å². The first-order valence-electron chi connectivity index (χ1n) is 8.81. The Kier molecular flexibility index (Phi) is 4.62. The van der Waals surface area contributed by atoms with Gasteiger partial charge in [0.05, 0.1) is 6.04 Å². The maximum Gasteiger partial charge on any atom is 0.244 e. The Morgan fingerprint density at radius 3 is 2.77 bits per heavy atom. The Bertz CT molecular complexity index is 846. The first kappa shape index (κ1) is 16.7. The standard InChI is InChI=1S/C19H22N6O/c1-24(2)17-6-5-15(12-21-17)18-22-19(26-23-18)16-4-3-11-25(16)13-14-7-9-20-10-8-14/h5-10,12,16H,3-4,11,13H2,1-2H3/t16-/m0/s1. The third-order valence-electron chi connectivity index (χ3n) is 4.69. The summed E-state index contributed by atoms with van der Waals surface area (Å²) in [5.74, 6) is 2.17. The number of nitrogens with zero attached hydrogens (tertiary/aromatic N) is 6. The van der Waals surface area contributed by atoms with Gasteiger partial charge in [0.25, 0.3) is 0 Å². The van der Waals surface area contributed by atoms with Gasteiger partial charge in [0.2, 0.25) is 11.7 Å². The second-order valence-electron chi connectivity index (χ2n) is 6.74. The number of rotatable bonds is 5. The van der Waals surface area contributed by atoms with Crippen molar-refractivity contribution < 1.29 is 4.52 Å². The van der Waals surface area contributed by atoms with E-state index in [0.717, 1.165) is 37.3 Å². The summed E-state index contributed by atoms with van der Waals surface area (Å²) in [6.45, 7) is 1.90. The number of aromatic nitrogens is 4. The summed E-state index contributed by atoms with van der Waals surface area (Å²) in [6.07, 6.45) is 7.61. The molecule has 1 atom stereocenters. The fraction of sp³-hybridized carbons (Fsp3) is 0.368. The Morgan fingerprint density at radius 2 is 2.04 bits per heavy atom. The van der Waals surface area contributed by atoms with Crippen molar-refractivity contribution in [2.45, 2.75) is 25.4 Å². The smallest absolute Gasteiger partial charge is 0.244 e. The molecule has 4 heterocycles. The van der Waals surface area contributed by atoms with Gasteiger partial charge in [-0.15, -0.1) is 0 Å². The second-order valence-corrected chi connectivity index (χ2v) is 6.74. The molecule has 1 fully saturated rings. The second kappa shape index (κ2) is 7.21. The number of pyridine rings is 2. The van der Waals surface area contributed by atoms with E-state index < -0.39 is 0 Å². The average Bonchev–Trinajstić information content (AvgIpc) is 3.32. The van der Waals surface area contributed by atoms with E-state index in [4.69, 9.17) is 4.52 Å². The Morgan fingerprint density at radius 1 is 1.19 bits per heavy atom. The third-order valence-corrected chi connectivity index (χ3v) is 4.69. The van der Waals surface area contributed by atoms with Gasteiger partial charge in [-0.1, -0.05) is 5.16 Å². The van der Waals surface area contributed by atoms with E-state index in [2.05, 4.69) is 25.0 Å². The monoisotopic (exact) mass is 350 g/mol. The fourth-order valence-corrected chi connectivity index (χ4v) is 3.29. The molecule has 4 rings (SSSR count). The summed E-state index contributed by atoms with van der Waals surface area (Å²) < 4.78 is 5.60. The van der Waals surface area contributed by atoms with Crippen molar-refractivity contribution in [1.82, 2.24) is 25.0 Å². The molecule has 134 valence electrons. The minimum Gasteiger partial charge on any atom is -0.363 e. The minimum atomic E-state index is 0.165. The van der Waals surface area contributed by atoms with Crippen LogP contribution < -0.4 is 4.90 Å². The maximum atomic E-state index is 5.60. The van der Waals surface area contributed by atoms with Crippen molar-refractivity contribution >= 4 is 5.82 Å². The van der Waals surface area contributed by atoms with Gasteiger partial charge < -0.3 is 9.42 Å². The van der Waals surface area contributed by atoms with Gasteiger partial charge >= 0.3 is 0 Å². The minimum absolute atomic E-state index is 0.165. The molecule has 0 amide bonds. The molecule has 0 radical (unpaired) electrons. The van der Waals surface area contributed by atoms with Crippen LogP contribution in [0.4, 0.5) is 5.82 Å². The van der Waals surface area contributed by atoms with Crippen LogP contribution in [0.2, 0.25) is 0 Å². The lowest BCUT2D eigenvalue weighted by atomic mass is 10.2. The van der Waals surface area contributed by atoms with Gasteiger partial charge in [0, 0.05) is 44.8 Å². The van der Waals surface area contributed by atoms with Crippen LogP contribution in [-0.4, -0.2) is 45.6 Å². The summed E-state index contributed by atoms with van der Waals surface area (Å²) in [5, 5.41) is 4.17. The van der Waals surface area contributed by atoms with Crippen molar-refractivity contribution in [2.75, 3.05) is 25.5 Å². The van der Waals surface area contributed by atoms with E-state index in [1.165, 1.54) is 5.56 Å². The molecule has 3 aromatic heterocycles. The molecule has 26 heavy (non-hydrogen) atoms. The lowest BCUT2D eigenvalue weighted by molar-refractivity contribution is 0.201. The van der Waals surface area contributed by atoms with Crippen LogP contribution in [0.1, 0.15) is 30.3 Å². The lowest BCUT2D eigenvalue weighted by Gasteiger charge is -2.21. The van der Waals surface area contributed by atoms with E-state index in [1.807, 2.05) is 55.7 Å². The highest BCUT2D eigenvalue weighted by Gasteiger charge is 2.30. The van der Waals surface area contributed by atoms with Gasteiger partial charge in [-0.2, -0.15) is 4.98 Å². The topological polar surface area (TPSA) is 71.2 Å². The zero-order valence-electron chi connectivity index (χ0n) is 15.0. The molecule has 0 unspecified atom stereocenters. The molecular formula is C19H22N6O. The summed E-state index contributed by atoms with van der Waals surface area (Å²) in [6, 6.07) is 8.19. The Hall–Kier alpha value is -2.80. The van der Waals surface area contributed by atoms with Gasteiger partial charge in [-0.05, 0) is 49.2 Å². The molecule has 7 nitrogen and oxygen atoms in total. The summed E-state index contributed by atoms with van der Waals surface area (Å²) in [5.41, 5.74) is 2.11. The molecular weight excluding hydrogens is 328 g/mol. The highest BCUT2D eigenvalue weighted by atomic mass is 16.5. The van der Waals surface area contributed by atoms with Crippen LogP contribution in [0.5, 0.6) is 0 Å². The molecule has 7 heteroatoms. The fourth-order valence-electron chi connectivity index (χ4n) is 3.29. The summed E-state index contributed by atoms with van der Waals surface area (Å²) in [7, 11) is 3.93. The molecule has 0 aliphatic carbocycles. The third kappa shape index (κ3) is 3.43. The molecule has 0 aromatic carbocycles. The zero-order chi connectivity index (χ0) is 17.9. The summed E-state index contributed by atoms with van der Waals surface area (Å²) in [4.78, 5) is 17.5. The maximum absolute atomic E-state index is 5.60. The molecule has 1 saturated heterocycles. The molecule has 0 spiro atoms. The lowest BCUT2D eigenvalue weighted by Crippen LogP contribution is -2.23. The van der Waals surface area contributed by atoms with Crippen LogP contribution in [0.15, 0.2) is 47.4 Å².